The van der Waals surface area contributed by atoms with E-state index in [0.29, 0.717) is 5.56 Å². The first-order valence-corrected chi connectivity index (χ1v) is 6.58. The molecule has 0 saturated heterocycles. The van der Waals surface area contributed by atoms with Crippen molar-refractivity contribution >= 4 is 21.8 Å². The van der Waals surface area contributed by atoms with E-state index >= 15 is 0 Å². The third-order valence-electron chi connectivity index (χ3n) is 2.27. The molecule has 0 fully saturated rings. The van der Waals surface area contributed by atoms with Crippen LogP contribution in [0.2, 0.25) is 0 Å². The van der Waals surface area contributed by atoms with Gasteiger partial charge in [0.2, 0.25) is 10.0 Å². The lowest BCUT2D eigenvalue weighted by atomic mass is 10.2. The van der Waals surface area contributed by atoms with Crippen LogP contribution in [0.4, 0.5) is 0 Å². The smallest absolute Gasteiger partial charge is 0.321 e. The van der Waals surface area contributed by atoms with Gasteiger partial charge in [0, 0.05) is 5.56 Å². The molecule has 0 aliphatic carbocycles. The van der Waals surface area contributed by atoms with Crippen molar-refractivity contribution in [2.24, 2.45) is 0 Å². The Balaban J connectivity index is 2.99. The molecule has 1 rings (SSSR count). The first-order chi connectivity index (χ1) is 8.24. The Bertz CT molecular complexity index is 562. The lowest BCUT2D eigenvalue weighted by Gasteiger charge is -2.10. The van der Waals surface area contributed by atoms with Gasteiger partial charge in [0.1, 0.15) is 6.04 Å². The molecule has 0 aliphatic rings. The Labute approximate surface area is 105 Å². The number of hydrogen-bond acceptors (Lipinski definition) is 4. The summed E-state index contributed by atoms with van der Waals surface area (Å²) >= 11 is 0. The predicted molar refractivity (Wildman–Crippen MR) is 63.9 cm³/mol. The summed E-state index contributed by atoms with van der Waals surface area (Å²) in [5.41, 5.74) is 0.389. The normalized spacial score (nSPS) is 13.0. The molecule has 7 heteroatoms. The van der Waals surface area contributed by atoms with Crippen LogP contribution in [0.15, 0.2) is 29.2 Å². The standard InChI is InChI=1S/C11H13NO5S/c1-7(11(14)15)12-18(16,17)10-5-3-9(4-6-10)8(2)13/h3-7,12H,1-2H3,(H,14,15)/t7-/m1/s1. The highest BCUT2D eigenvalue weighted by Gasteiger charge is 2.21. The molecule has 2 N–H and O–H groups in total. The number of rotatable bonds is 5. The summed E-state index contributed by atoms with van der Waals surface area (Å²) in [5, 5.41) is 8.64. The molecule has 1 aromatic rings. The first-order valence-electron chi connectivity index (χ1n) is 5.10. The summed E-state index contributed by atoms with van der Waals surface area (Å²) in [6.07, 6.45) is 0. The lowest BCUT2D eigenvalue weighted by Crippen LogP contribution is -2.38. The van der Waals surface area contributed by atoms with Gasteiger partial charge in [-0.25, -0.2) is 8.42 Å². The Morgan fingerprint density at radius 3 is 2.11 bits per heavy atom. The van der Waals surface area contributed by atoms with Crippen LogP contribution >= 0.6 is 0 Å². The largest absolute Gasteiger partial charge is 0.480 e. The Morgan fingerprint density at radius 2 is 1.72 bits per heavy atom. The molecular formula is C11H13NO5S. The summed E-state index contributed by atoms with van der Waals surface area (Å²) in [6.45, 7) is 2.60. The van der Waals surface area contributed by atoms with E-state index in [-0.39, 0.29) is 10.7 Å². The van der Waals surface area contributed by atoms with E-state index < -0.39 is 22.0 Å². The second kappa shape index (κ2) is 5.28. The van der Waals surface area contributed by atoms with Crippen LogP contribution in [0.1, 0.15) is 24.2 Å². The molecule has 18 heavy (non-hydrogen) atoms. The van der Waals surface area contributed by atoms with Crippen LogP contribution in [-0.4, -0.2) is 31.3 Å². The van der Waals surface area contributed by atoms with Gasteiger partial charge in [0.15, 0.2) is 5.78 Å². The lowest BCUT2D eigenvalue weighted by molar-refractivity contribution is -0.138. The van der Waals surface area contributed by atoms with E-state index in [0.717, 1.165) is 0 Å². The number of carbonyl (C=O) groups excluding carboxylic acids is 1. The number of sulfonamides is 1. The van der Waals surface area contributed by atoms with Crippen molar-refractivity contribution in [2.45, 2.75) is 24.8 Å². The Kier molecular flexibility index (Phi) is 4.20. The highest BCUT2D eigenvalue weighted by atomic mass is 32.2. The van der Waals surface area contributed by atoms with Crippen LogP contribution in [0.5, 0.6) is 0 Å². The van der Waals surface area contributed by atoms with Crippen molar-refractivity contribution in [1.82, 2.24) is 4.72 Å². The maximum absolute atomic E-state index is 11.8. The number of ketones is 1. The van der Waals surface area contributed by atoms with Gasteiger partial charge >= 0.3 is 5.97 Å². The maximum atomic E-state index is 11.8. The third-order valence-corrected chi connectivity index (χ3v) is 3.83. The second-order valence-electron chi connectivity index (χ2n) is 3.76. The van der Waals surface area contributed by atoms with Crippen LogP contribution in [0, 0.1) is 0 Å². The summed E-state index contributed by atoms with van der Waals surface area (Å²) in [7, 11) is -3.89. The molecule has 0 spiro atoms. The molecule has 0 aliphatic heterocycles. The summed E-state index contributed by atoms with van der Waals surface area (Å²) in [5.74, 6) is -1.44. The average Bonchev–Trinajstić information content (AvgIpc) is 2.28. The molecule has 1 aromatic carbocycles. The van der Waals surface area contributed by atoms with E-state index in [2.05, 4.69) is 0 Å². The van der Waals surface area contributed by atoms with Gasteiger partial charge in [-0.3, -0.25) is 9.59 Å². The number of aliphatic carboxylic acids is 1. The molecular weight excluding hydrogens is 258 g/mol. The molecule has 0 saturated carbocycles. The van der Waals surface area contributed by atoms with Crippen LogP contribution in [0.25, 0.3) is 0 Å². The molecule has 0 unspecified atom stereocenters. The number of benzene rings is 1. The highest BCUT2D eigenvalue weighted by molar-refractivity contribution is 7.89. The van der Waals surface area contributed by atoms with Crippen molar-refractivity contribution < 1.29 is 23.1 Å². The van der Waals surface area contributed by atoms with E-state index in [4.69, 9.17) is 5.11 Å². The zero-order chi connectivity index (χ0) is 13.9. The molecule has 6 nitrogen and oxygen atoms in total. The number of carbonyl (C=O) groups is 2. The van der Waals surface area contributed by atoms with Gasteiger partial charge in [0.25, 0.3) is 0 Å². The maximum Gasteiger partial charge on any atom is 0.321 e. The van der Waals surface area contributed by atoms with Gasteiger partial charge in [-0.05, 0) is 26.0 Å². The number of Topliss-reactive ketones (excluding diaryl/α,β-unsaturated/α-hetero) is 1. The summed E-state index contributed by atoms with van der Waals surface area (Å²) < 4.78 is 25.5. The Morgan fingerprint density at radius 1 is 1.22 bits per heavy atom. The number of carboxylic acids is 1. The molecule has 1 atom stereocenters. The fourth-order valence-corrected chi connectivity index (χ4v) is 2.42. The van der Waals surface area contributed by atoms with E-state index in [9.17, 15) is 18.0 Å². The third kappa shape index (κ3) is 3.38. The number of carboxylic acid groups (broad SMARTS) is 1. The van der Waals surface area contributed by atoms with E-state index in [1.807, 2.05) is 4.72 Å². The molecule has 0 heterocycles. The average molecular weight is 271 g/mol. The van der Waals surface area contributed by atoms with E-state index in [1.54, 1.807) is 0 Å². The number of nitrogens with one attached hydrogen (secondary N) is 1. The molecule has 0 bridgehead atoms. The zero-order valence-corrected chi connectivity index (χ0v) is 10.7. The SMILES string of the molecule is CC(=O)c1ccc(S(=O)(=O)N[C@H](C)C(=O)O)cc1. The zero-order valence-electron chi connectivity index (χ0n) is 9.88. The molecule has 0 radical (unpaired) electrons. The summed E-state index contributed by atoms with van der Waals surface area (Å²) in [4.78, 5) is 21.5. The van der Waals surface area contributed by atoms with E-state index in [1.165, 1.54) is 38.1 Å². The minimum atomic E-state index is -3.89. The predicted octanol–water partition coefficient (Wildman–Crippen LogP) is 0.641. The van der Waals surface area contributed by atoms with Crippen molar-refractivity contribution in [1.29, 1.82) is 0 Å². The molecule has 0 aromatic heterocycles. The van der Waals surface area contributed by atoms with Crippen molar-refractivity contribution in [3.05, 3.63) is 29.8 Å². The van der Waals surface area contributed by atoms with Crippen molar-refractivity contribution in [3.8, 4) is 0 Å². The molecule has 0 amide bonds. The topological polar surface area (TPSA) is 101 Å². The van der Waals surface area contributed by atoms with Gasteiger partial charge in [-0.1, -0.05) is 12.1 Å². The van der Waals surface area contributed by atoms with Crippen molar-refractivity contribution in [3.63, 3.8) is 0 Å². The molecule has 98 valence electrons. The van der Waals surface area contributed by atoms with Crippen LogP contribution < -0.4 is 4.72 Å². The van der Waals surface area contributed by atoms with Gasteiger partial charge in [-0.15, -0.1) is 0 Å². The quantitative estimate of drug-likeness (QED) is 0.765. The number of hydrogen-bond donors (Lipinski definition) is 2. The first kappa shape index (κ1) is 14.3. The van der Waals surface area contributed by atoms with Gasteiger partial charge in [-0.2, -0.15) is 4.72 Å². The van der Waals surface area contributed by atoms with Gasteiger partial charge in [0.05, 0.1) is 4.90 Å². The Hall–Kier alpha value is -1.73. The summed E-state index contributed by atoms with van der Waals surface area (Å²) in [6, 6.07) is 4.05. The minimum Gasteiger partial charge on any atom is -0.480 e. The van der Waals surface area contributed by atoms with Crippen LogP contribution in [-0.2, 0) is 14.8 Å². The fraction of sp³-hybridized carbons (Fsp3) is 0.273. The minimum absolute atomic E-state index is 0.0828. The monoisotopic (exact) mass is 271 g/mol. The van der Waals surface area contributed by atoms with Gasteiger partial charge < -0.3 is 5.11 Å². The highest BCUT2D eigenvalue weighted by Crippen LogP contribution is 2.11. The fourth-order valence-electron chi connectivity index (χ4n) is 1.22. The second-order valence-corrected chi connectivity index (χ2v) is 5.48. The van der Waals surface area contributed by atoms with Crippen molar-refractivity contribution in [2.75, 3.05) is 0 Å². The van der Waals surface area contributed by atoms with Crippen LogP contribution in [0.3, 0.4) is 0 Å².